The van der Waals surface area contributed by atoms with Crippen LogP contribution in [0.4, 0.5) is 0 Å². The van der Waals surface area contributed by atoms with Gasteiger partial charge in [-0.2, -0.15) is 0 Å². The van der Waals surface area contributed by atoms with Gasteiger partial charge in [-0.1, -0.05) is 127 Å². The first kappa shape index (κ1) is 40.5. The van der Waals surface area contributed by atoms with Crippen LogP contribution in [0, 0.1) is 44.4 Å². The van der Waals surface area contributed by atoms with Gasteiger partial charge >= 0.3 is 0 Å². The number of hydrogen-bond acceptors (Lipinski definition) is 2. The highest BCUT2D eigenvalue weighted by molar-refractivity contribution is 5.48. The van der Waals surface area contributed by atoms with Crippen LogP contribution in [0.3, 0.4) is 0 Å². The Kier molecular flexibility index (Phi) is 19.4. The Morgan fingerprint density at radius 1 is 0.913 bits per heavy atom. The zero-order valence-electron chi connectivity index (χ0n) is 30.9. The Morgan fingerprint density at radius 2 is 1.52 bits per heavy atom. The summed E-state index contributed by atoms with van der Waals surface area (Å²) in [7, 11) is 0. The smallest absolute Gasteiger partial charge is 0.0693 e. The monoisotopic (exact) mass is 623 g/mol. The lowest BCUT2D eigenvalue weighted by Gasteiger charge is -2.26. The third-order valence-corrected chi connectivity index (χ3v) is 8.55. The van der Waals surface area contributed by atoms with Crippen molar-refractivity contribution in [1.29, 1.82) is 0 Å². The summed E-state index contributed by atoms with van der Waals surface area (Å²) in [5.41, 5.74) is 9.84. The fraction of sp³-hybridized carbons (Fsp3) is 0.455. The molecule has 0 aliphatic heterocycles. The van der Waals surface area contributed by atoms with Gasteiger partial charge in [-0.15, -0.1) is 6.58 Å². The van der Waals surface area contributed by atoms with Crippen molar-refractivity contribution < 1.29 is 0 Å². The predicted molar refractivity (Wildman–Crippen MR) is 208 cm³/mol. The molecule has 2 rings (SSSR count). The molecule has 0 aliphatic rings. The maximum absolute atomic E-state index is 4.49. The van der Waals surface area contributed by atoms with E-state index in [9.17, 15) is 0 Å². The molecule has 252 valence electrons. The van der Waals surface area contributed by atoms with Crippen molar-refractivity contribution in [2.24, 2.45) is 23.7 Å². The fourth-order valence-corrected chi connectivity index (χ4v) is 5.62. The summed E-state index contributed by atoms with van der Waals surface area (Å²) in [5.74, 6) is 2.29. The first-order valence-corrected chi connectivity index (χ1v) is 17.4. The second-order valence-corrected chi connectivity index (χ2v) is 13.8. The van der Waals surface area contributed by atoms with E-state index in [2.05, 4.69) is 159 Å². The molecule has 0 amide bonds. The molecule has 0 fully saturated rings. The van der Waals surface area contributed by atoms with Crippen molar-refractivity contribution >= 4 is 6.08 Å². The lowest BCUT2D eigenvalue weighted by molar-refractivity contribution is 0.420. The molecule has 3 unspecified atom stereocenters. The minimum absolute atomic E-state index is 0.0340. The van der Waals surface area contributed by atoms with E-state index < -0.39 is 0 Å². The number of aryl methyl sites for hydroxylation is 2. The van der Waals surface area contributed by atoms with Gasteiger partial charge in [0.2, 0.25) is 0 Å². The summed E-state index contributed by atoms with van der Waals surface area (Å²) in [6.07, 6.45) is 15.9. The molecule has 0 aromatic heterocycles. The normalized spacial score (nSPS) is 13.9. The highest BCUT2D eigenvalue weighted by Crippen LogP contribution is 2.23. The molecule has 0 bridgehead atoms. The second-order valence-electron chi connectivity index (χ2n) is 13.8. The van der Waals surface area contributed by atoms with Gasteiger partial charge in [-0.05, 0) is 117 Å². The Balaban J connectivity index is 0.00000338. The van der Waals surface area contributed by atoms with Crippen molar-refractivity contribution in [3.63, 3.8) is 0 Å². The fourth-order valence-electron chi connectivity index (χ4n) is 5.62. The van der Waals surface area contributed by atoms with Crippen LogP contribution in [-0.4, -0.2) is 12.6 Å². The molecule has 2 aromatic carbocycles. The highest BCUT2D eigenvalue weighted by atomic mass is 15.0. The molecule has 0 saturated carbocycles. The molecule has 46 heavy (non-hydrogen) atoms. The van der Waals surface area contributed by atoms with Crippen molar-refractivity contribution in [3.05, 3.63) is 138 Å². The van der Waals surface area contributed by atoms with Gasteiger partial charge in [-0.3, -0.25) is 0 Å². The molecule has 4 atom stereocenters. The quantitative estimate of drug-likeness (QED) is 0.120. The summed E-state index contributed by atoms with van der Waals surface area (Å²) in [4.78, 5) is 0. The predicted octanol–water partition coefficient (Wildman–Crippen LogP) is 11.9. The van der Waals surface area contributed by atoms with Crippen LogP contribution >= 0.6 is 0 Å². The molecule has 0 saturated heterocycles. The van der Waals surface area contributed by atoms with E-state index in [4.69, 9.17) is 0 Å². The van der Waals surface area contributed by atoms with Gasteiger partial charge in [0.1, 0.15) is 0 Å². The Morgan fingerprint density at radius 3 is 2.11 bits per heavy atom. The van der Waals surface area contributed by atoms with Gasteiger partial charge in [0.25, 0.3) is 0 Å². The zero-order chi connectivity index (χ0) is 34.6. The molecular weight excluding hydrogens is 556 g/mol. The minimum atomic E-state index is 0.0340. The van der Waals surface area contributed by atoms with Gasteiger partial charge < -0.3 is 10.6 Å². The third kappa shape index (κ3) is 16.7. The van der Waals surface area contributed by atoms with Crippen LogP contribution in [0.1, 0.15) is 95.0 Å². The summed E-state index contributed by atoms with van der Waals surface area (Å²) in [6, 6.07) is 15.2. The number of nitrogens with one attached hydrogen (secondary N) is 2. The molecular formula is C44H66N2. The molecule has 2 aromatic rings. The average Bonchev–Trinajstić information content (AvgIpc) is 2.99. The Hall–Kier alpha value is -3.52. The number of hydrogen-bond donors (Lipinski definition) is 2. The third-order valence-electron chi connectivity index (χ3n) is 8.55. The number of allylic oxidation sites excluding steroid dienone is 4. The lowest BCUT2D eigenvalue weighted by atomic mass is 9.88. The molecule has 0 aliphatic carbocycles. The molecule has 0 heterocycles. The van der Waals surface area contributed by atoms with Crippen LogP contribution in [0.25, 0.3) is 6.08 Å². The van der Waals surface area contributed by atoms with Crippen molar-refractivity contribution in [3.8, 4) is 0 Å². The molecule has 0 radical (unpaired) electrons. The lowest BCUT2D eigenvalue weighted by Crippen LogP contribution is -2.38. The standard InChI is InChI=1S/C41H60N2.C3H6/c1-29(2)23-31(4)24-32(5)35(8)28-42-38(11)41(27-40-25-33(6)37(10)34(7)26-40)43-36(9)18-16-15-17-30(3)21-22-39-19-13-12-14-20-39;1-3-2/h12-14,16,18-22,25-26,29-31,35,41-43H,5,9,11,15,17,23-24,27-28H2,1-4,6-8,10H3;3H,1H2,2H3/b18-16+,22-21+;/t30?,31?,35?,41-;/m1./s1. The van der Waals surface area contributed by atoms with Crippen LogP contribution in [0.2, 0.25) is 0 Å². The maximum Gasteiger partial charge on any atom is 0.0693 e. The zero-order valence-corrected chi connectivity index (χ0v) is 30.9. The van der Waals surface area contributed by atoms with Crippen LogP contribution in [-0.2, 0) is 6.42 Å². The van der Waals surface area contributed by atoms with Crippen LogP contribution < -0.4 is 10.6 Å². The molecule has 2 heteroatoms. The van der Waals surface area contributed by atoms with Crippen molar-refractivity contribution in [1.82, 2.24) is 10.6 Å². The maximum atomic E-state index is 4.49. The second kappa shape index (κ2) is 22.1. The number of benzene rings is 2. The number of rotatable bonds is 19. The van der Waals surface area contributed by atoms with Crippen molar-refractivity contribution in [2.45, 2.75) is 100 Å². The van der Waals surface area contributed by atoms with Crippen LogP contribution in [0.5, 0.6) is 0 Å². The SMILES string of the molecule is C=C(/C=C/CCC(C)/C=C/c1ccccc1)N[C@H](Cc1cc(C)c(C)c(C)c1)C(=C)NCC(C)C(=C)CC(C)CC(C)C.C=CC. The van der Waals surface area contributed by atoms with E-state index in [1.807, 2.05) is 6.92 Å². The van der Waals surface area contributed by atoms with E-state index in [0.717, 1.165) is 49.5 Å². The highest BCUT2D eigenvalue weighted by Gasteiger charge is 2.17. The molecule has 0 spiro atoms. The van der Waals surface area contributed by atoms with Gasteiger partial charge in [0.15, 0.2) is 0 Å². The van der Waals surface area contributed by atoms with Gasteiger partial charge in [-0.25, -0.2) is 0 Å². The van der Waals surface area contributed by atoms with E-state index in [1.165, 1.54) is 39.8 Å². The topological polar surface area (TPSA) is 24.1 Å². The molecule has 2 nitrogen and oxygen atoms in total. The van der Waals surface area contributed by atoms with Gasteiger partial charge in [0, 0.05) is 17.9 Å². The summed E-state index contributed by atoms with van der Waals surface area (Å²) in [5, 5.41) is 7.34. The van der Waals surface area contributed by atoms with E-state index >= 15 is 0 Å². The molecule has 2 N–H and O–H groups in total. The minimum Gasteiger partial charge on any atom is -0.387 e. The van der Waals surface area contributed by atoms with Crippen molar-refractivity contribution in [2.75, 3.05) is 6.54 Å². The summed E-state index contributed by atoms with van der Waals surface area (Å²) >= 11 is 0. The average molecular weight is 623 g/mol. The first-order chi connectivity index (χ1) is 21.8. The van der Waals surface area contributed by atoms with E-state index in [0.29, 0.717) is 17.8 Å². The van der Waals surface area contributed by atoms with Gasteiger partial charge in [0.05, 0.1) is 6.04 Å². The Bertz CT molecular complexity index is 1250. The largest absolute Gasteiger partial charge is 0.387 e. The van der Waals surface area contributed by atoms with E-state index in [-0.39, 0.29) is 6.04 Å². The Labute approximate surface area is 284 Å². The summed E-state index contributed by atoms with van der Waals surface area (Å²) in [6.45, 7) is 37.5. The first-order valence-electron chi connectivity index (χ1n) is 17.4. The summed E-state index contributed by atoms with van der Waals surface area (Å²) < 4.78 is 0. The van der Waals surface area contributed by atoms with E-state index in [1.54, 1.807) is 6.08 Å². The van der Waals surface area contributed by atoms with Crippen LogP contribution in [0.15, 0.2) is 110 Å².